The number of hydrogen-bond donors (Lipinski definition) is 2. The van der Waals surface area contributed by atoms with Crippen LogP contribution in [0.1, 0.15) is 18.9 Å². The van der Waals surface area contributed by atoms with E-state index in [0.717, 1.165) is 5.56 Å². The molecule has 2 N–H and O–H groups in total. The van der Waals surface area contributed by atoms with Crippen molar-refractivity contribution in [2.24, 2.45) is 10.3 Å². The summed E-state index contributed by atoms with van der Waals surface area (Å²) in [6.45, 7) is 1.66. The molecule has 4 nitrogen and oxygen atoms in total. The summed E-state index contributed by atoms with van der Waals surface area (Å²) in [5.74, 6) is 0. The lowest BCUT2D eigenvalue weighted by Crippen LogP contribution is -2.06. The minimum absolute atomic E-state index is 0.330. The summed E-state index contributed by atoms with van der Waals surface area (Å²) < 4.78 is 0. The molecule has 0 aliphatic rings. The SMILES string of the molecule is C/C(C/C(=N/O)c1ccccc1)=N/O. The van der Waals surface area contributed by atoms with Gasteiger partial charge in [-0.2, -0.15) is 0 Å². The van der Waals surface area contributed by atoms with Gasteiger partial charge in [-0.3, -0.25) is 0 Å². The van der Waals surface area contributed by atoms with E-state index >= 15 is 0 Å². The second-order valence-electron chi connectivity index (χ2n) is 2.92. The molecular weight excluding hydrogens is 180 g/mol. The van der Waals surface area contributed by atoms with Crippen molar-refractivity contribution >= 4 is 11.4 Å². The number of oxime groups is 2. The van der Waals surface area contributed by atoms with E-state index in [-0.39, 0.29) is 0 Å². The molecule has 14 heavy (non-hydrogen) atoms. The molecule has 0 saturated carbocycles. The molecule has 1 aromatic carbocycles. The smallest absolute Gasteiger partial charge is 0.0924 e. The maximum atomic E-state index is 8.78. The van der Waals surface area contributed by atoms with E-state index in [9.17, 15) is 0 Å². The van der Waals surface area contributed by atoms with Gasteiger partial charge in [-0.1, -0.05) is 40.6 Å². The Balaban J connectivity index is 2.85. The summed E-state index contributed by atoms with van der Waals surface area (Å²) >= 11 is 0. The Morgan fingerprint density at radius 3 is 2.29 bits per heavy atom. The van der Waals surface area contributed by atoms with Crippen LogP contribution in [-0.4, -0.2) is 21.8 Å². The third-order valence-electron chi connectivity index (χ3n) is 1.82. The van der Waals surface area contributed by atoms with E-state index in [0.29, 0.717) is 17.8 Å². The largest absolute Gasteiger partial charge is 0.411 e. The van der Waals surface area contributed by atoms with Gasteiger partial charge in [0.05, 0.1) is 11.4 Å². The first-order chi connectivity index (χ1) is 6.77. The number of nitrogens with zero attached hydrogens (tertiary/aromatic N) is 2. The van der Waals surface area contributed by atoms with Gasteiger partial charge in [0.15, 0.2) is 0 Å². The first-order valence-electron chi connectivity index (χ1n) is 4.22. The van der Waals surface area contributed by atoms with Crippen LogP contribution in [0.4, 0.5) is 0 Å². The summed E-state index contributed by atoms with van der Waals surface area (Å²) in [6, 6.07) is 9.25. The van der Waals surface area contributed by atoms with Crippen LogP contribution in [0, 0.1) is 0 Å². The minimum atomic E-state index is 0.330. The molecule has 0 amide bonds. The second-order valence-corrected chi connectivity index (χ2v) is 2.92. The average molecular weight is 192 g/mol. The monoisotopic (exact) mass is 192 g/mol. The molecule has 0 saturated heterocycles. The standard InChI is InChI=1S/C10H12N2O2/c1-8(11-13)7-10(12-14)9-5-3-2-4-6-9/h2-6,13-14H,7H2,1H3/b11-8-,12-10-. The van der Waals surface area contributed by atoms with E-state index in [4.69, 9.17) is 10.4 Å². The van der Waals surface area contributed by atoms with E-state index < -0.39 is 0 Å². The molecule has 0 spiro atoms. The maximum Gasteiger partial charge on any atom is 0.0924 e. The van der Waals surface area contributed by atoms with E-state index in [1.807, 2.05) is 30.3 Å². The van der Waals surface area contributed by atoms with Crippen LogP contribution in [-0.2, 0) is 0 Å². The maximum absolute atomic E-state index is 8.78. The fourth-order valence-electron chi connectivity index (χ4n) is 1.10. The van der Waals surface area contributed by atoms with Gasteiger partial charge in [0.2, 0.25) is 0 Å². The molecule has 0 aliphatic carbocycles. The summed E-state index contributed by atoms with van der Waals surface area (Å²) in [5.41, 5.74) is 1.81. The van der Waals surface area contributed by atoms with Gasteiger partial charge < -0.3 is 10.4 Å². The molecule has 1 aromatic rings. The van der Waals surface area contributed by atoms with Crippen LogP contribution in [0.3, 0.4) is 0 Å². The van der Waals surface area contributed by atoms with Crippen molar-refractivity contribution in [2.75, 3.05) is 0 Å². The predicted octanol–water partition coefficient (Wildman–Crippen LogP) is 2.11. The summed E-state index contributed by atoms with van der Waals surface area (Å²) in [7, 11) is 0. The highest BCUT2D eigenvalue weighted by molar-refractivity contribution is 6.11. The van der Waals surface area contributed by atoms with Gasteiger partial charge >= 0.3 is 0 Å². The molecular formula is C10H12N2O2. The third-order valence-corrected chi connectivity index (χ3v) is 1.82. The predicted molar refractivity (Wildman–Crippen MR) is 54.3 cm³/mol. The van der Waals surface area contributed by atoms with Crippen LogP contribution in [0.2, 0.25) is 0 Å². The lowest BCUT2D eigenvalue weighted by molar-refractivity contribution is 0.315. The molecule has 0 atom stereocenters. The number of rotatable bonds is 3. The zero-order valence-electron chi connectivity index (χ0n) is 7.88. The van der Waals surface area contributed by atoms with Crippen molar-refractivity contribution in [3.05, 3.63) is 35.9 Å². The molecule has 0 aliphatic heterocycles. The molecule has 0 aromatic heterocycles. The van der Waals surface area contributed by atoms with E-state index in [1.54, 1.807) is 6.92 Å². The molecule has 0 heterocycles. The molecule has 74 valence electrons. The van der Waals surface area contributed by atoms with Gasteiger partial charge in [-0.05, 0) is 12.5 Å². The highest BCUT2D eigenvalue weighted by Gasteiger charge is 2.05. The molecule has 4 heteroatoms. The van der Waals surface area contributed by atoms with Crippen LogP contribution < -0.4 is 0 Å². The van der Waals surface area contributed by atoms with Crippen molar-refractivity contribution in [1.29, 1.82) is 0 Å². The fourth-order valence-corrected chi connectivity index (χ4v) is 1.10. The Morgan fingerprint density at radius 2 is 1.79 bits per heavy atom. The van der Waals surface area contributed by atoms with Crippen molar-refractivity contribution < 1.29 is 10.4 Å². The molecule has 0 radical (unpaired) electrons. The van der Waals surface area contributed by atoms with Gasteiger partial charge in [-0.15, -0.1) is 0 Å². The van der Waals surface area contributed by atoms with Crippen LogP contribution in [0.5, 0.6) is 0 Å². The fraction of sp³-hybridized carbons (Fsp3) is 0.200. The normalized spacial score (nSPS) is 12.9. The highest BCUT2D eigenvalue weighted by Crippen LogP contribution is 2.05. The molecule has 1 rings (SSSR count). The summed E-state index contributed by atoms with van der Waals surface area (Å²) in [5, 5.41) is 23.4. The van der Waals surface area contributed by atoms with Crippen molar-refractivity contribution in [2.45, 2.75) is 13.3 Å². The van der Waals surface area contributed by atoms with Gasteiger partial charge in [0.1, 0.15) is 0 Å². The van der Waals surface area contributed by atoms with Crippen LogP contribution in [0.25, 0.3) is 0 Å². The van der Waals surface area contributed by atoms with Crippen molar-refractivity contribution in [3.63, 3.8) is 0 Å². The van der Waals surface area contributed by atoms with Crippen molar-refractivity contribution in [3.8, 4) is 0 Å². The van der Waals surface area contributed by atoms with Gasteiger partial charge in [0, 0.05) is 6.42 Å². The minimum Gasteiger partial charge on any atom is -0.411 e. The topological polar surface area (TPSA) is 65.2 Å². The Labute approximate surface area is 82.2 Å². The van der Waals surface area contributed by atoms with E-state index in [2.05, 4.69) is 10.3 Å². The highest BCUT2D eigenvalue weighted by atomic mass is 16.4. The van der Waals surface area contributed by atoms with Crippen LogP contribution >= 0.6 is 0 Å². The summed E-state index contributed by atoms with van der Waals surface area (Å²) in [4.78, 5) is 0. The average Bonchev–Trinajstić information content (AvgIpc) is 2.26. The summed E-state index contributed by atoms with van der Waals surface area (Å²) in [6.07, 6.45) is 0.330. The zero-order valence-corrected chi connectivity index (χ0v) is 7.88. The lowest BCUT2D eigenvalue weighted by atomic mass is 10.1. The Morgan fingerprint density at radius 1 is 1.14 bits per heavy atom. The molecule has 0 unspecified atom stereocenters. The van der Waals surface area contributed by atoms with Crippen LogP contribution in [0.15, 0.2) is 40.6 Å². The van der Waals surface area contributed by atoms with Crippen molar-refractivity contribution in [1.82, 2.24) is 0 Å². The first kappa shape index (κ1) is 10.2. The van der Waals surface area contributed by atoms with Gasteiger partial charge in [-0.25, -0.2) is 0 Å². The first-order valence-corrected chi connectivity index (χ1v) is 4.22. The lowest BCUT2D eigenvalue weighted by Gasteiger charge is -2.02. The van der Waals surface area contributed by atoms with Gasteiger partial charge in [0.25, 0.3) is 0 Å². The number of hydrogen-bond acceptors (Lipinski definition) is 4. The zero-order chi connectivity index (χ0) is 10.4. The third kappa shape index (κ3) is 2.58. The quantitative estimate of drug-likeness (QED) is 0.437. The second kappa shape index (κ2) is 5.01. The Kier molecular flexibility index (Phi) is 3.67. The number of benzene rings is 1. The molecule has 0 fully saturated rings. The van der Waals surface area contributed by atoms with E-state index in [1.165, 1.54) is 0 Å². The Hall–Kier alpha value is -1.84. The molecule has 0 bridgehead atoms. The Bertz CT molecular complexity index is 344.